The van der Waals surface area contributed by atoms with Crippen molar-refractivity contribution in [2.24, 2.45) is 11.7 Å². The molecule has 18 heavy (non-hydrogen) atoms. The molecule has 0 radical (unpaired) electrons. The van der Waals surface area contributed by atoms with Crippen molar-refractivity contribution in [3.63, 3.8) is 0 Å². The fourth-order valence-corrected chi connectivity index (χ4v) is 2.37. The molecule has 0 aromatic heterocycles. The molecule has 2 rings (SSSR count). The summed E-state index contributed by atoms with van der Waals surface area (Å²) < 4.78 is 5.75. The first kappa shape index (κ1) is 13.4. The Morgan fingerprint density at radius 3 is 2.50 bits per heavy atom. The summed E-state index contributed by atoms with van der Waals surface area (Å²) in [6.45, 7) is 7.05. The zero-order chi connectivity index (χ0) is 12.8. The number of likely N-dealkylation sites (tertiary alicyclic amines) is 1. The molecule has 0 unspecified atom stereocenters. The molecule has 1 aromatic rings. The molecule has 3 nitrogen and oxygen atoms in total. The summed E-state index contributed by atoms with van der Waals surface area (Å²) in [5.41, 5.74) is 6.96. The normalized spacial score (nSPS) is 17.9. The van der Waals surface area contributed by atoms with Gasteiger partial charge in [0.05, 0.1) is 0 Å². The van der Waals surface area contributed by atoms with Crippen LogP contribution >= 0.6 is 0 Å². The van der Waals surface area contributed by atoms with Crippen LogP contribution in [0.3, 0.4) is 0 Å². The molecular weight excluding hydrogens is 224 g/mol. The topological polar surface area (TPSA) is 38.5 Å². The van der Waals surface area contributed by atoms with E-state index in [-0.39, 0.29) is 0 Å². The molecule has 1 fully saturated rings. The van der Waals surface area contributed by atoms with Gasteiger partial charge in [-0.1, -0.05) is 17.7 Å². The summed E-state index contributed by atoms with van der Waals surface area (Å²) in [4.78, 5) is 2.47. The fourth-order valence-electron chi connectivity index (χ4n) is 2.37. The van der Waals surface area contributed by atoms with Gasteiger partial charge >= 0.3 is 0 Å². The van der Waals surface area contributed by atoms with Crippen LogP contribution in [0.4, 0.5) is 0 Å². The van der Waals surface area contributed by atoms with Crippen LogP contribution in [0.25, 0.3) is 0 Å². The summed E-state index contributed by atoms with van der Waals surface area (Å²) in [7, 11) is 0. The largest absolute Gasteiger partial charge is 0.492 e. The van der Waals surface area contributed by atoms with Crippen LogP contribution in [0, 0.1) is 12.8 Å². The van der Waals surface area contributed by atoms with Gasteiger partial charge in [0.15, 0.2) is 0 Å². The highest BCUT2D eigenvalue weighted by atomic mass is 16.5. The summed E-state index contributed by atoms with van der Waals surface area (Å²) in [5, 5.41) is 0. The molecule has 1 heterocycles. The zero-order valence-electron chi connectivity index (χ0n) is 11.3. The van der Waals surface area contributed by atoms with E-state index < -0.39 is 0 Å². The smallest absolute Gasteiger partial charge is 0.119 e. The Morgan fingerprint density at radius 1 is 1.22 bits per heavy atom. The predicted molar refractivity (Wildman–Crippen MR) is 74.9 cm³/mol. The third kappa shape index (κ3) is 4.00. The predicted octanol–water partition coefficient (Wildman–Crippen LogP) is 2.04. The van der Waals surface area contributed by atoms with Gasteiger partial charge in [0.25, 0.3) is 0 Å². The van der Waals surface area contributed by atoms with Gasteiger partial charge in [-0.15, -0.1) is 0 Å². The molecule has 1 aliphatic heterocycles. The van der Waals surface area contributed by atoms with Gasteiger partial charge in [-0.25, -0.2) is 0 Å². The van der Waals surface area contributed by atoms with E-state index in [9.17, 15) is 0 Å². The van der Waals surface area contributed by atoms with Gasteiger partial charge in [-0.3, -0.25) is 4.90 Å². The molecule has 0 spiro atoms. The van der Waals surface area contributed by atoms with Crippen LogP contribution < -0.4 is 10.5 Å². The maximum Gasteiger partial charge on any atom is 0.119 e. The first-order chi connectivity index (χ1) is 8.78. The summed E-state index contributed by atoms with van der Waals surface area (Å²) in [5.74, 6) is 1.71. The number of nitrogens with two attached hydrogens (primary N) is 1. The summed E-state index contributed by atoms with van der Waals surface area (Å²) >= 11 is 0. The van der Waals surface area contributed by atoms with E-state index in [4.69, 9.17) is 10.5 Å². The lowest BCUT2D eigenvalue weighted by Crippen LogP contribution is -2.38. The molecule has 3 heteroatoms. The van der Waals surface area contributed by atoms with Gasteiger partial charge in [-0.2, -0.15) is 0 Å². The van der Waals surface area contributed by atoms with Crippen LogP contribution in [-0.2, 0) is 0 Å². The minimum absolute atomic E-state index is 0.735. The van der Waals surface area contributed by atoms with Crippen LogP contribution in [-0.4, -0.2) is 37.7 Å². The van der Waals surface area contributed by atoms with Gasteiger partial charge in [-0.05, 0) is 57.5 Å². The second-order valence-corrected chi connectivity index (χ2v) is 5.18. The molecule has 1 saturated heterocycles. The third-order valence-electron chi connectivity index (χ3n) is 3.74. The Labute approximate surface area is 110 Å². The molecule has 0 bridgehead atoms. The van der Waals surface area contributed by atoms with E-state index >= 15 is 0 Å². The molecule has 2 N–H and O–H groups in total. The van der Waals surface area contributed by atoms with Crippen molar-refractivity contribution in [1.29, 1.82) is 0 Å². The van der Waals surface area contributed by atoms with E-state index in [0.717, 1.165) is 31.4 Å². The van der Waals surface area contributed by atoms with Crippen molar-refractivity contribution in [2.75, 3.05) is 32.8 Å². The minimum Gasteiger partial charge on any atom is -0.492 e. The highest BCUT2D eigenvalue weighted by Crippen LogP contribution is 2.16. The number of rotatable bonds is 5. The van der Waals surface area contributed by atoms with Gasteiger partial charge < -0.3 is 10.5 Å². The number of hydrogen-bond donors (Lipinski definition) is 1. The minimum atomic E-state index is 0.735. The molecule has 0 atom stereocenters. The Hall–Kier alpha value is -1.06. The van der Waals surface area contributed by atoms with Crippen molar-refractivity contribution in [3.05, 3.63) is 29.8 Å². The number of piperidine rings is 1. The zero-order valence-corrected chi connectivity index (χ0v) is 11.3. The van der Waals surface area contributed by atoms with E-state index in [1.165, 1.54) is 31.5 Å². The maximum atomic E-state index is 5.75. The molecule has 1 aliphatic rings. The molecule has 0 aliphatic carbocycles. The first-order valence-corrected chi connectivity index (χ1v) is 6.90. The molecule has 100 valence electrons. The second-order valence-electron chi connectivity index (χ2n) is 5.18. The van der Waals surface area contributed by atoms with Crippen molar-refractivity contribution >= 4 is 0 Å². The quantitative estimate of drug-likeness (QED) is 0.866. The molecular formula is C15H24N2O. The van der Waals surface area contributed by atoms with Gasteiger partial charge in [0, 0.05) is 6.54 Å². The standard InChI is InChI=1S/C15H24N2O/c1-13-2-4-15(5-3-13)18-11-10-17-8-6-14(12-16)7-9-17/h2-5,14H,6-12,16H2,1H3. The average molecular weight is 248 g/mol. The second kappa shape index (κ2) is 6.76. The number of aryl methyl sites for hydroxylation is 1. The molecule has 1 aromatic carbocycles. The average Bonchev–Trinajstić information content (AvgIpc) is 2.42. The number of ether oxygens (including phenoxy) is 1. The Kier molecular flexibility index (Phi) is 5.02. The fraction of sp³-hybridized carbons (Fsp3) is 0.600. The molecule has 0 amide bonds. The Balaban J connectivity index is 1.65. The lowest BCUT2D eigenvalue weighted by molar-refractivity contribution is 0.157. The first-order valence-electron chi connectivity index (χ1n) is 6.90. The maximum absolute atomic E-state index is 5.75. The Morgan fingerprint density at radius 2 is 1.89 bits per heavy atom. The third-order valence-corrected chi connectivity index (χ3v) is 3.74. The van der Waals surface area contributed by atoms with E-state index in [1.54, 1.807) is 0 Å². The van der Waals surface area contributed by atoms with Crippen LogP contribution in [0.2, 0.25) is 0 Å². The van der Waals surface area contributed by atoms with Gasteiger partial charge in [0.2, 0.25) is 0 Å². The van der Waals surface area contributed by atoms with Crippen LogP contribution in [0.15, 0.2) is 24.3 Å². The van der Waals surface area contributed by atoms with E-state index in [2.05, 4.69) is 24.0 Å². The number of hydrogen-bond acceptors (Lipinski definition) is 3. The van der Waals surface area contributed by atoms with Crippen molar-refractivity contribution in [2.45, 2.75) is 19.8 Å². The van der Waals surface area contributed by atoms with Crippen LogP contribution in [0.1, 0.15) is 18.4 Å². The monoisotopic (exact) mass is 248 g/mol. The summed E-state index contributed by atoms with van der Waals surface area (Å²) in [6.07, 6.45) is 2.47. The highest BCUT2D eigenvalue weighted by molar-refractivity contribution is 5.26. The lowest BCUT2D eigenvalue weighted by atomic mass is 9.97. The Bertz CT molecular complexity index is 342. The molecule has 0 saturated carbocycles. The SMILES string of the molecule is Cc1ccc(OCCN2CCC(CN)CC2)cc1. The summed E-state index contributed by atoms with van der Waals surface area (Å²) in [6, 6.07) is 8.25. The lowest BCUT2D eigenvalue weighted by Gasteiger charge is -2.31. The number of benzene rings is 1. The van der Waals surface area contributed by atoms with Crippen molar-refractivity contribution in [3.8, 4) is 5.75 Å². The van der Waals surface area contributed by atoms with Crippen molar-refractivity contribution < 1.29 is 4.74 Å². The van der Waals surface area contributed by atoms with E-state index in [1.807, 2.05) is 12.1 Å². The number of nitrogens with zero attached hydrogens (tertiary/aromatic N) is 1. The van der Waals surface area contributed by atoms with Gasteiger partial charge in [0.1, 0.15) is 12.4 Å². The van der Waals surface area contributed by atoms with Crippen LogP contribution in [0.5, 0.6) is 5.75 Å². The van der Waals surface area contributed by atoms with Crippen molar-refractivity contribution in [1.82, 2.24) is 4.90 Å². The van der Waals surface area contributed by atoms with E-state index in [0.29, 0.717) is 0 Å². The highest BCUT2D eigenvalue weighted by Gasteiger charge is 2.17.